The normalized spacial score (nSPS) is 15.8. The lowest BCUT2D eigenvalue weighted by Crippen LogP contribution is -3.19. The molecule has 10 heteroatoms. The summed E-state index contributed by atoms with van der Waals surface area (Å²) in [6.45, 7) is 2.23. The van der Waals surface area contributed by atoms with Crippen molar-refractivity contribution in [2.75, 3.05) is 25.1 Å². The molecule has 0 spiro atoms. The summed E-state index contributed by atoms with van der Waals surface area (Å²) in [6, 6.07) is 10.6. The average molecular weight is 457 g/mol. The molecular weight excluding hydrogens is 434 g/mol. The van der Waals surface area contributed by atoms with Crippen LogP contribution in [-0.4, -0.2) is 51.8 Å². The number of hydrogen-bond acceptors (Lipinski definition) is 6. The first-order valence-electron chi connectivity index (χ1n) is 10.1. The van der Waals surface area contributed by atoms with Crippen LogP contribution in [0.5, 0.6) is 11.8 Å². The second kappa shape index (κ2) is 9.07. The minimum absolute atomic E-state index is 0.112. The molecule has 3 aromatic rings. The van der Waals surface area contributed by atoms with Crippen LogP contribution >= 0.6 is 11.6 Å². The first-order valence-corrected chi connectivity index (χ1v) is 10.5. The Kier molecular flexibility index (Phi) is 6.22. The van der Waals surface area contributed by atoms with Crippen molar-refractivity contribution < 1.29 is 24.3 Å². The van der Waals surface area contributed by atoms with Crippen LogP contribution in [0, 0.1) is 6.92 Å². The quantitative estimate of drug-likeness (QED) is 0.564. The number of halogens is 1. The van der Waals surface area contributed by atoms with Crippen LogP contribution < -0.4 is 14.5 Å². The van der Waals surface area contributed by atoms with Crippen molar-refractivity contribution in [3.05, 3.63) is 64.6 Å². The standard InChI is InChI=1S/C22H22ClN5O4/c1-14-4-9-17(12-24-14)32-21-25-19-18(28(21)13-15-5-7-16(23)8-6-15)20(30)27(10-3-11-29)22(31)26(19)2/h4-9,12,29H,3,10-11,13H2,1-2H3/p+1. The second-order valence-corrected chi connectivity index (χ2v) is 7.95. The van der Waals surface area contributed by atoms with Crippen LogP contribution in [0.15, 0.2) is 42.6 Å². The maximum Gasteiger partial charge on any atom is 0.430 e. The molecule has 2 N–H and O–H groups in total. The zero-order chi connectivity index (χ0) is 22.8. The van der Waals surface area contributed by atoms with Crippen molar-refractivity contribution in [2.45, 2.75) is 19.9 Å². The number of aliphatic hydroxyl groups excluding tert-OH is 1. The van der Waals surface area contributed by atoms with Gasteiger partial charge in [-0.15, -0.1) is 0 Å². The summed E-state index contributed by atoms with van der Waals surface area (Å²) in [7, 11) is 1.57. The maximum absolute atomic E-state index is 13.3. The predicted octanol–water partition coefficient (Wildman–Crippen LogP) is 2.06. The third-order valence-corrected chi connectivity index (χ3v) is 5.47. The van der Waals surface area contributed by atoms with Crippen LogP contribution in [0.3, 0.4) is 0 Å². The Morgan fingerprint density at radius 2 is 1.91 bits per heavy atom. The summed E-state index contributed by atoms with van der Waals surface area (Å²) < 4.78 is 7.64. The fraction of sp³-hybridized carbons (Fsp3) is 0.273. The number of nitrogens with zero attached hydrogens (tertiary/aromatic N) is 4. The molecule has 0 saturated carbocycles. The van der Waals surface area contributed by atoms with Crippen LogP contribution in [0.25, 0.3) is 0 Å². The number of benzene rings is 1. The highest BCUT2D eigenvalue weighted by molar-refractivity contribution is 6.30. The minimum Gasteiger partial charge on any atom is -0.424 e. The van der Waals surface area contributed by atoms with Crippen molar-refractivity contribution in [1.29, 1.82) is 0 Å². The lowest BCUT2D eigenvalue weighted by Gasteiger charge is -2.25. The first-order chi connectivity index (χ1) is 15.4. The first kappa shape index (κ1) is 21.9. The van der Waals surface area contributed by atoms with Gasteiger partial charge < -0.3 is 9.84 Å². The number of anilines is 1. The summed E-state index contributed by atoms with van der Waals surface area (Å²) in [5.41, 5.74) is 1.99. The van der Waals surface area contributed by atoms with Crippen molar-refractivity contribution in [1.82, 2.24) is 14.5 Å². The Balaban J connectivity index is 1.79. The number of amides is 3. The molecule has 1 unspecified atom stereocenters. The van der Waals surface area contributed by atoms with E-state index in [-0.39, 0.29) is 42.1 Å². The molecule has 9 nitrogen and oxygen atoms in total. The number of hydrogen-bond donors (Lipinski definition) is 2. The molecule has 2 aromatic heterocycles. The lowest BCUT2D eigenvalue weighted by atomic mass is 10.2. The van der Waals surface area contributed by atoms with Gasteiger partial charge in [0.1, 0.15) is 5.75 Å². The SMILES string of the molecule is Cc1ccc(Oc2nc3c(n2Cc2ccc(Cl)cc2)C(=O)[NH+](CCCO)C(=O)N3C)cn1. The Morgan fingerprint density at radius 3 is 2.56 bits per heavy atom. The minimum atomic E-state index is -0.421. The molecule has 0 fully saturated rings. The number of carbonyl (C=O) groups is 2. The van der Waals surface area contributed by atoms with Gasteiger partial charge in [-0.25, -0.2) is 14.5 Å². The number of ether oxygens (including phenoxy) is 1. The van der Waals surface area contributed by atoms with E-state index in [2.05, 4.69) is 9.97 Å². The molecule has 0 bridgehead atoms. The Labute approximate surface area is 189 Å². The van der Waals surface area contributed by atoms with Crippen LogP contribution in [0.4, 0.5) is 10.6 Å². The molecule has 1 atom stereocenters. The van der Waals surface area contributed by atoms with E-state index in [1.165, 1.54) is 4.90 Å². The molecule has 32 heavy (non-hydrogen) atoms. The van der Waals surface area contributed by atoms with E-state index in [0.717, 1.165) is 11.3 Å². The van der Waals surface area contributed by atoms with Crippen molar-refractivity contribution >= 4 is 29.4 Å². The molecule has 0 saturated heterocycles. The second-order valence-electron chi connectivity index (χ2n) is 7.52. The largest absolute Gasteiger partial charge is 0.430 e. The molecule has 3 amide bonds. The van der Waals surface area contributed by atoms with Crippen LogP contribution in [0.1, 0.15) is 28.2 Å². The highest BCUT2D eigenvalue weighted by Gasteiger charge is 2.45. The molecule has 1 aromatic carbocycles. The number of aliphatic hydroxyl groups is 1. The highest BCUT2D eigenvalue weighted by Crippen LogP contribution is 2.31. The number of imidazole rings is 1. The molecule has 3 heterocycles. The number of fused-ring (bicyclic) bond motifs is 1. The van der Waals surface area contributed by atoms with E-state index < -0.39 is 11.9 Å². The van der Waals surface area contributed by atoms with E-state index in [1.807, 2.05) is 25.1 Å². The number of rotatable bonds is 7. The highest BCUT2D eigenvalue weighted by atomic mass is 35.5. The van der Waals surface area contributed by atoms with Gasteiger partial charge in [0.05, 0.1) is 19.3 Å². The molecule has 0 aliphatic carbocycles. The fourth-order valence-corrected chi connectivity index (χ4v) is 3.64. The summed E-state index contributed by atoms with van der Waals surface area (Å²) in [6.07, 6.45) is 1.89. The van der Waals surface area contributed by atoms with Gasteiger partial charge in [-0.2, -0.15) is 9.88 Å². The maximum atomic E-state index is 13.3. The third kappa shape index (κ3) is 4.22. The van der Waals surface area contributed by atoms with Gasteiger partial charge in [-0.05, 0) is 36.8 Å². The van der Waals surface area contributed by atoms with Gasteiger partial charge in [0.2, 0.25) is 0 Å². The average Bonchev–Trinajstić information content (AvgIpc) is 3.13. The zero-order valence-electron chi connectivity index (χ0n) is 17.7. The van der Waals surface area contributed by atoms with E-state index in [1.54, 1.807) is 36.0 Å². The van der Waals surface area contributed by atoms with E-state index in [0.29, 0.717) is 17.2 Å². The number of pyridine rings is 1. The van der Waals surface area contributed by atoms with Crippen molar-refractivity contribution in [3.8, 4) is 11.8 Å². The van der Waals surface area contributed by atoms with Crippen molar-refractivity contribution in [2.24, 2.45) is 0 Å². The number of aromatic nitrogens is 3. The third-order valence-electron chi connectivity index (χ3n) is 5.22. The zero-order valence-corrected chi connectivity index (χ0v) is 18.5. The van der Waals surface area contributed by atoms with Gasteiger partial charge in [0.25, 0.3) is 0 Å². The van der Waals surface area contributed by atoms with E-state index >= 15 is 0 Å². The topological polar surface area (TPSA) is 102 Å². The summed E-state index contributed by atoms with van der Waals surface area (Å²) in [5, 5.41) is 9.79. The Hall–Kier alpha value is -3.27. The number of aryl methyl sites for hydroxylation is 1. The molecule has 0 radical (unpaired) electrons. The predicted molar refractivity (Wildman–Crippen MR) is 117 cm³/mol. The number of carbonyl (C=O) groups excluding carboxylic acids is 2. The lowest BCUT2D eigenvalue weighted by molar-refractivity contribution is -0.724. The monoisotopic (exact) mass is 456 g/mol. The molecule has 4 rings (SSSR count). The van der Waals surface area contributed by atoms with Gasteiger partial charge in [-0.1, -0.05) is 23.7 Å². The van der Waals surface area contributed by atoms with Crippen LogP contribution in [0.2, 0.25) is 5.02 Å². The van der Waals surface area contributed by atoms with Gasteiger partial charge in [0, 0.05) is 30.8 Å². The number of imide groups is 1. The smallest absolute Gasteiger partial charge is 0.424 e. The van der Waals surface area contributed by atoms with Gasteiger partial charge in [0.15, 0.2) is 11.5 Å². The summed E-state index contributed by atoms with van der Waals surface area (Å²) >= 11 is 6.01. The number of urea groups is 1. The molecule has 1 aliphatic heterocycles. The summed E-state index contributed by atoms with van der Waals surface area (Å²) in [4.78, 5) is 36.3. The van der Waals surface area contributed by atoms with Gasteiger partial charge >= 0.3 is 17.9 Å². The molecular formula is C22H23ClN5O4+. The molecule has 1 aliphatic rings. The van der Waals surface area contributed by atoms with Crippen LogP contribution in [-0.2, 0) is 6.54 Å². The Morgan fingerprint density at radius 1 is 1.16 bits per heavy atom. The number of nitrogens with one attached hydrogen (secondary N) is 1. The van der Waals surface area contributed by atoms with E-state index in [9.17, 15) is 14.7 Å². The Bertz CT molecular complexity index is 1140. The van der Waals surface area contributed by atoms with E-state index in [4.69, 9.17) is 16.3 Å². The van der Waals surface area contributed by atoms with Gasteiger partial charge in [-0.3, -0.25) is 9.55 Å². The van der Waals surface area contributed by atoms with Crippen molar-refractivity contribution in [3.63, 3.8) is 0 Å². The summed E-state index contributed by atoms with van der Waals surface area (Å²) in [5.74, 6) is 0.285. The molecule has 166 valence electrons. The fourth-order valence-electron chi connectivity index (χ4n) is 3.51. The number of quaternary nitrogens is 1.